The highest BCUT2D eigenvalue weighted by atomic mass is 16.4. The topological polar surface area (TPSA) is 130 Å². The highest BCUT2D eigenvalue weighted by Crippen LogP contribution is 2.28. The maximum absolute atomic E-state index is 13.4. The van der Waals surface area contributed by atoms with Crippen LogP contribution in [-0.2, 0) is 0 Å². The molecule has 3 heterocycles. The van der Waals surface area contributed by atoms with Crippen LogP contribution in [0.1, 0.15) is 64.1 Å². The highest BCUT2D eigenvalue weighted by molar-refractivity contribution is 5.98. The predicted molar refractivity (Wildman–Crippen MR) is 126 cm³/mol. The van der Waals surface area contributed by atoms with Gasteiger partial charge >= 0.3 is 5.97 Å². The number of carboxylic acid groups (broad SMARTS) is 1. The summed E-state index contributed by atoms with van der Waals surface area (Å²) in [7, 11) is 0. The lowest BCUT2D eigenvalue weighted by molar-refractivity contribution is 0.0697. The monoisotopic (exact) mass is 449 g/mol. The van der Waals surface area contributed by atoms with Crippen molar-refractivity contribution in [1.29, 1.82) is 0 Å². The number of piperidine rings is 1. The number of hydrogen-bond acceptors (Lipinski definition) is 6. The lowest BCUT2D eigenvalue weighted by atomic mass is 10.1. The first-order chi connectivity index (χ1) is 15.8. The van der Waals surface area contributed by atoms with Crippen molar-refractivity contribution in [2.24, 2.45) is 5.73 Å². The summed E-state index contributed by atoms with van der Waals surface area (Å²) in [6.45, 7) is 5.12. The van der Waals surface area contributed by atoms with Crippen molar-refractivity contribution in [3.8, 4) is 0 Å². The van der Waals surface area contributed by atoms with Gasteiger partial charge in [-0.3, -0.25) is 14.0 Å². The van der Waals surface area contributed by atoms with E-state index in [0.29, 0.717) is 35.8 Å². The second-order valence-corrected chi connectivity index (χ2v) is 8.41. The summed E-state index contributed by atoms with van der Waals surface area (Å²) in [6.07, 6.45) is 4.62. The molecule has 3 aromatic rings. The second-order valence-electron chi connectivity index (χ2n) is 8.41. The van der Waals surface area contributed by atoms with E-state index in [0.717, 1.165) is 24.8 Å². The van der Waals surface area contributed by atoms with Crippen molar-refractivity contribution in [2.45, 2.75) is 39.2 Å². The third kappa shape index (κ3) is 4.26. The number of fused-ring (bicyclic) bond motifs is 1. The van der Waals surface area contributed by atoms with Crippen LogP contribution in [0, 0.1) is 6.92 Å². The number of carbonyl (C=O) groups excluding carboxylic acids is 1. The van der Waals surface area contributed by atoms with Gasteiger partial charge in [-0.25, -0.2) is 9.78 Å². The molecule has 1 aliphatic heterocycles. The van der Waals surface area contributed by atoms with E-state index in [1.807, 2.05) is 24.8 Å². The second kappa shape index (κ2) is 8.93. The van der Waals surface area contributed by atoms with Gasteiger partial charge in [0.05, 0.1) is 11.6 Å². The third-order valence-corrected chi connectivity index (χ3v) is 5.97. The minimum atomic E-state index is -1.03. The minimum absolute atomic E-state index is 0.109. The first-order valence-electron chi connectivity index (χ1n) is 11.0. The number of nitrogens with two attached hydrogens (primary N) is 1. The number of hydrogen-bond donors (Lipinski definition) is 3. The van der Waals surface area contributed by atoms with Gasteiger partial charge in [0.1, 0.15) is 17.0 Å². The number of benzene rings is 1. The fourth-order valence-electron chi connectivity index (χ4n) is 4.37. The van der Waals surface area contributed by atoms with E-state index >= 15 is 0 Å². The fraction of sp³-hybridized carbons (Fsp3) is 0.333. The molecule has 33 heavy (non-hydrogen) atoms. The van der Waals surface area contributed by atoms with Gasteiger partial charge in [0.2, 0.25) is 0 Å². The van der Waals surface area contributed by atoms with Gasteiger partial charge < -0.3 is 21.1 Å². The molecule has 4 rings (SSSR count). The number of aromatic nitrogens is 2. The predicted octanol–water partition coefficient (Wildman–Crippen LogP) is 2.96. The molecule has 1 unspecified atom stereocenters. The largest absolute Gasteiger partial charge is 0.478 e. The van der Waals surface area contributed by atoms with Crippen molar-refractivity contribution in [2.75, 3.05) is 23.3 Å². The van der Waals surface area contributed by atoms with Crippen LogP contribution in [0.2, 0.25) is 0 Å². The van der Waals surface area contributed by atoms with E-state index in [4.69, 9.17) is 10.7 Å². The molecule has 172 valence electrons. The lowest BCUT2D eigenvalue weighted by Gasteiger charge is -2.29. The zero-order valence-corrected chi connectivity index (χ0v) is 18.7. The molecule has 2 aromatic heterocycles. The van der Waals surface area contributed by atoms with Gasteiger partial charge in [0.15, 0.2) is 0 Å². The Kier molecular flexibility index (Phi) is 6.04. The van der Waals surface area contributed by atoms with Crippen molar-refractivity contribution in [1.82, 2.24) is 9.38 Å². The molecule has 1 atom stereocenters. The molecule has 0 radical (unpaired) electrons. The molecular formula is C24H27N5O4. The number of nitrogens with one attached hydrogen (secondary N) is 1. The van der Waals surface area contributed by atoms with E-state index in [1.54, 1.807) is 24.4 Å². The number of pyridine rings is 1. The Bertz CT molecular complexity index is 1290. The van der Waals surface area contributed by atoms with Crippen LogP contribution in [0.3, 0.4) is 0 Å². The quantitative estimate of drug-likeness (QED) is 0.527. The Labute approximate surface area is 190 Å². The summed E-state index contributed by atoms with van der Waals surface area (Å²) in [5.74, 6) is -1.52. The Morgan fingerprint density at radius 2 is 1.88 bits per heavy atom. The number of nitrogens with zero attached hydrogens (tertiary/aromatic N) is 3. The van der Waals surface area contributed by atoms with Crippen LogP contribution in [0.5, 0.6) is 0 Å². The van der Waals surface area contributed by atoms with Gasteiger partial charge in [0, 0.05) is 30.5 Å². The molecule has 1 aliphatic rings. The van der Waals surface area contributed by atoms with E-state index < -0.39 is 17.4 Å². The molecule has 9 heteroatoms. The van der Waals surface area contributed by atoms with Crippen LogP contribution in [0.15, 0.2) is 41.3 Å². The zero-order valence-electron chi connectivity index (χ0n) is 18.7. The van der Waals surface area contributed by atoms with Gasteiger partial charge in [0.25, 0.3) is 11.5 Å². The Morgan fingerprint density at radius 3 is 2.55 bits per heavy atom. The number of carbonyl (C=O) groups is 2. The van der Waals surface area contributed by atoms with Crippen molar-refractivity contribution >= 4 is 29.0 Å². The number of amides is 1. The standard InChI is InChI=1S/C24H27N5O4/c1-14-12-17(15(2)26-18-9-5-4-8-16(18)24(32)33)21-27-22(28-10-6-3-7-11-28)19(20(25)30)23(31)29(21)13-14/h4-5,8-9,12-13,15,26H,3,6-7,10-11H2,1-2H3,(H2,25,30)(H,32,33). The number of aromatic carboxylic acids is 1. The Morgan fingerprint density at radius 1 is 1.18 bits per heavy atom. The van der Waals surface area contributed by atoms with E-state index in [9.17, 15) is 19.5 Å². The average molecular weight is 450 g/mol. The van der Waals surface area contributed by atoms with Crippen molar-refractivity contribution in [3.05, 3.63) is 69.1 Å². The third-order valence-electron chi connectivity index (χ3n) is 5.97. The average Bonchev–Trinajstić information content (AvgIpc) is 2.79. The Hall–Kier alpha value is -3.88. The van der Waals surface area contributed by atoms with Crippen LogP contribution < -0.4 is 21.5 Å². The minimum Gasteiger partial charge on any atom is -0.478 e. The normalized spacial score (nSPS) is 14.8. The van der Waals surface area contributed by atoms with Gasteiger partial charge in [-0.15, -0.1) is 0 Å². The molecule has 1 aromatic carbocycles. The van der Waals surface area contributed by atoms with E-state index in [1.165, 1.54) is 10.5 Å². The number of para-hydroxylation sites is 1. The summed E-state index contributed by atoms with van der Waals surface area (Å²) in [4.78, 5) is 44.0. The molecule has 1 amide bonds. The SMILES string of the molecule is Cc1cc(C(C)Nc2ccccc2C(=O)O)c2nc(N3CCCCC3)c(C(N)=O)c(=O)n2c1. The summed E-state index contributed by atoms with van der Waals surface area (Å²) in [5, 5.41) is 12.8. The van der Waals surface area contributed by atoms with Crippen molar-refractivity contribution in [3.63, 3.8) is 0 Å². The first kappa shape index (κ1) is 22.3. The summed E-state index contributed by atoms with van der Waals surface area (Å²) in [5.41, 5.74) is 7.52. The summed E-state index contributed by atoms with van der Waals surface area (Å²) in [6, 6.07) is 8.18. The van der Waals surface area contributed by atoms with Gasteiger partial charge in [-0.1, -0.05) is 12.1 Å². The maximum atomic E-state index is 13.4. The lowest BCUT2D eigenvalue weighted by Crippen LogP contribution is -2.37. The van der Waals surface area contributed by atoms with Gasteiger partial charge in [-0.2, -0.15) is 0 Å². The number of primary amides is 1. The number of rotatable bonds is 6. The zero-order chi connectivity index (χ0) is 23.7. The van der Waals surface area contributed by atoms with Gasteiger partial charge in [-0.05, 0) is 56.9 Å². The molecule has 4 N–H and O–H groups in total. The summed E-state index contributed by atoms with van der Waals surface area (Å²) >= 11 is 0. The molecule has 0 spiro atoms. The molecule has 0 bridgehead atoms. The van der Waals surface area contributed by atoms with Crippen LogP contribution in [0.25, 0.3) is 5.65 Å². The Balaban J connectivity index is 1.88. The number of carboxylic acids is 1. The van der Waals surface area contributed by atoms with E-state index in [-0.39, 0.29) is 17.2 Å². The molecule has 0 saturated carbocycles. The smallest absolute Gasteiger partial charge is 0.337 e. The van der Waals surface area contributed by atoms with Crippen molar-refractivity contribution < 1.29 is 14.7 Å². The maximum Gasteiger partial charge on any atom is 0.337 e. The molecular weight excluding hydrogens is 422 g/mol. The number of anilines is 2. The molecule has 0 aliphatic carbocycles. The van der Waals surface area contributed by atoms with Crippen LogP contribution in [-0.4, -0.2) is 39.5 Å². The van der Waals surface area contributed by atoms with E-state index in [2.05, 4.69) is 5.32 Å². The van der Waals surface area contributed by atoms with Crippen LogP contribution in [0.4, 0.5) is 11.5 Å². The highest BCUT2D eigenvalue weighted by Gasteiger charge is 2.25. The molecule has 1 fully saturated rings. The molecule has 9 nitrogen and oxygen atoms in total. The first-order valence-corrected chi connectivity index (χ1v) is 11.0. The molecule has 1 saturated heterocycles. The summed E-state index contributed by atoms with van der Waals surface area (Å²) < 4.78 is 1.36. The number of aryl methyl sites for hydroxylation is 1. The van der Waals surface area contributed by atoms with Crippen LogP contribution >= 0.6 is 0 Å². The fourth-order valence-corrected chi connectivity index (χ4v) is 4.37.